The van der Waals surface area contributed by atoms with Crippen molar-refractivity contribution in [3.8, 4) is 0 Å². The Morgan fingerprint density at radius 1 is 1.64 bits per heavy atom. The molecule has 2 atom stereocenters. The van der Waals surface area contributed by atoms with Crippen LogP contribution in [0.2, 0.25) is 0 Å². The van der Waals surface area contributed by atoms with Crippen LogP contribution in [0, 0.1) is 0 Å². The highest BCUT2D eigenvalue weighted by Gasteiger charge is 2.30. The number of imide groups is 1. The number of aliphatic hydroxyl groups is 1. The smallest absolute Gasteiger partial charge is 0.318 e. The molecular weight excluding hydrogens is 186 g/mol. The van der Waals surface area contributed by atoms with Crippen molar-refractivity contribution in [1.29, 1.82) is 0 Å². The van der Waals surface area contributed by atoms with Gasteiger partial charge in [0.2, 0.25) is 5.91 Å². The lowest BCUT2D eigenvalue weighted by molar-refractivity contribution is -0.121. The standard InChI is InChI=1S/C8H15N3O3/c1-5-6(12)2-3-11(5)4-7(13)10-8(9)14/h5-6,12H,2-4H2,1H3,(H3,9,10,13,14)/t5-,6-/m1/s1. The fourth-order valence-electron chi connectivity index (χ4n) is 1.57. The monoisotopic (exact) mass is 201 g/mol. The van der Waals surface area contributed by atoms with E-state index in [0.717, 1.165) is 0 Å². The van der Waals surface area contributed by atoms with Gasteiger partial charge in [-0.3, -0.25) is 15.0 Å². The second-order valence-electron chi connectivity index (χ2n) is 3.48. The summed E-state index contributed by atoms with van der Waals surface area (Å²) >= 11 is 0. The number of amides is 3. The molecule has 1 rings (SSSR count). The molecule has 1 aliphatic rings. The highest BCUT2D eigenvalue weighted by Crippen LogP contribution is 2.16. The topological polar surface area (TPSA) is 95.7 Å². The van der Waals surface area contributed by atoms with E-state index in [1.807, 2.05) is 17.1 Å². The van der Waals surface area contributed by atoms with Gasteiger partial charge in [-0.15, -0.1) is 0 Å². The van der Waals surface area contributed by atoms with Gasteiger partial charge in [0, 0.05) is 12.6 Å². The van der Waals surface area contributed by atoms with Crippen LogP contribution in [0.25, 0.3) is 0 Å². The van der Waals surface area contributed by atoms with Crippen molar-refractivity contribution < 1.29 is 14.7 Å². The summed E-state index contributed by atoms with van der Waals surface area (Å²) in [5.41, 5.74) is 4.79. The van der Waals surface area contributed by atoms with E-state index in [1.165, 1.54) is 0 Å². The third kappa shape index (κ3) is 2.68. The number of rotatable bonds is 2. The first-order valence-corrected chi connectivity index (χ1v) is 4.52. The number of nitrogens with zero attached hydrogens (tertiary/aromatic N) is 1. The molecule has 0 radical (unpaired) electrons. The van der Waals surface area contributed by atoms with E-state index in [4.69, 9.17) is 5.73 Å². The zero-order chi connectivity index (χ0) is 10.7. The predicted octanol–water partition coefficient (Wildman–Crippen LogP) is -1.36. The average molecular weight is 201 g/mol. The number of likely N-dealkylation sites (tertiary alicyclic amines) is 1. The SMILES string of the molecule is C[C@@H]1[C@H](O)CCN1CC(=O)NC(N)=O. The molecule has 1 heterocycles. The Morgan fingerprint density at radius 3 is 2.71 bits per heavy atom. The largest absolute Gasteiger partial charge is 0.391 e. The molecule has 0 spiro atoms. The van der Waals surface area contributed by atoms with Gasteiger partial charge in [-0.25, -0.2) is 4.79 Å². The molecule has 1 aliphatic heterocycles. The van der Waals surface area contributed by atoms with Crippen LogP contribution in [0.15, 0.2) is 0 Å². The summed E-state index contributed by atoms with van der Waals surface area (Å²) in [5.74, 6) is -0.432. The lowest BCUT2D eigenvalue weighted by Gasteiger charge is -2.20. The molecule has 0 aromatic heterocycles. The van der Waals surface area contributed by atoms with Gasteiger partial charge in [0.05, 0.1) is 12.6 Å². The third-order valence-corrected chi connectivity index (χ3v) is 2.45. The fraction of sp³-hybridized carbons (Fsp3) is 0.750. The number of primary amides is 1. The summed E-state index contributed by atoms with van der Waals surface area (Å²) in [5, 5.41) is 11.4. The van der Waals surface area contributed by atoms with Crippen LogP contribution < -0.4 is 11.1 Å². The van der Waals surface area contributed by atoms with E-state index in [9.17, 15) is 14.7 Å². The molecule has 80 valence electrons. The summed E-state index contributed by atoms with van der Waals surface area (Å²) in [6, 6.07) is -0.893. The van der Waals surface area contributed by atoms with E-state index in [2.05, 4.69) is 0 Å². The Bertz CT molecular complexity index is 244. The second-order valence-corrected chi connectivity index (χ2v) is 3.48. The number of carbonyl (C=O) groups excluding carboxylic acids is 2. The van der Waals surface area contributed by atoms with E-state index in [0.29, 0.717) is 13.0 Å². The minimum Gasteiger partial charge on any atom is -0.391 e. The van der Waals surface area contributed by atoms with Gasteiger partial charge in [-0.2, -0.15) is 0 Å². The first-order valence-electron chi connectivity index (χ1n) is 4.52. The molecule has 1 fully saturated rings. The first-order chi connectivity index (χ1) is 6.50. The lowest BCUT2D eigenvalue weighted by atomic mass is 10.2. The molecule has 0 aliphatic carbocycles. The summed E-state index contributed by atoms with van der Waals surface area (Å²) < 4.78 is 0. The van der Waals surface area contributed by atoms with Crippen molar-refractivity contribution in [2.24, 2.45) is 5.73 Å². The Morgan fingerprint density at radius 2 is 2.29 bits per heavy atom. The molecule has 0 bridgehead atoms. The minimum atomic E-state index is -0.845. The molecule has 6 heteroatoms. The average Bonchev–Trinajstić information content (AvgIpc) is 2.34. The van der Waals surface area contributed by atoms with Gasteiger partial charge in [0.1, 0.15) is 0 Å². The van der Waals surface area contributed by atoms with Crippen LogP contribution in [-0.2, 0) is 4.79 Å². The molecule has 6 nitrogen and oxygen atoms in total. The number of nitrogens with one attached hydrogen (secondary N) is 1. The molecule has 0 aromatic carbocycles. The van der Waals surface area contributed by atoms with Gasteiger partial charge in [-0.1, -0.05) is 0 Å². The van der Waals surface area contributed by atoms with Crippen LogP contribution in [0.4, 0.5) is 4.79 Å². The van der Waals surface area contributed by atoms with Crippen LogP contribution in [-0.4, -0.2) is 47.2 Å². The molecule has 0 unspecified atom stereocenters. The van der Waals surface area contributed by atoms with Crippen molar-refractivity contribution in [3.05, 3.63) is 0 Å². The highest BCUT2D eigenvalue weighted by molar-refractivity contribution is 5.94. The molecule has 0 aromatic rings. The maximum atomic E-state index is 11.1. The third-order valence-electron chi connectivity index (χ3n) is 2.45. The van der Waals surface area contributed by atoms with Gasteiger partial charge in [0.15, 0.2) is 0 Å². The van der Waals surface area contributed by atoms with E-state index >= 15 is 0 Å². The number of aliphatic hydroxyl groups excluding tert-OH is 1. The quantitative estimate of drug-likeness (QED) is 0.514. The highest BCUT2D eigenvalue weighted by atomic mass is 16.3. The maximum Gasteiger partial charge on any atom is 0.318 e. The minimum absolute atomic E-state index is 0.0476. The van der Waals surface area contributed by atoms with Gasteiger partial charge in [-0.05, 0) is 13.3 Å². The van der Waals surface area contributed by atoms with Crippen molar-refractivity contribution in [1.82, 2.24) is 10.2 Å². The van der Waals surface area contributed by atoms with Crippen LogP contribution in [0.5, 0.6) is 0 Å². The molecule has 1 saturated heterocycles. The van der Waals surface area contributed by atoms with E-state index in [-0.39, 0.29) is 12.6 Å². The Labute approximate surface area is 82.1 Å². The summed E-state index contributed by atoms with van der Waals surface area (Å²) in [6.45, 7) is 2.60. The van der Waals surface area contributed by atoms with Gasteiger partial charge in [0.25, 0.3) is 0 Å². The zero-order valence-corrected chi connectivity index (χ0v) is 8.06. The first kappa shape index (κ1) is 10.9. The van der Waals surface area contributed by atoms with E-state index in [1.54, 1.807) is 0 Å². The van der Waals surface area contributed by atoms with Gasteiger partial charge >= 0.3 is 6.03 Å². The fourth-order valence-corrected chi connectivity index (χ4v) is 1.57. The van der Waals surface area contributed by atoms with Gasteiger partial charge < -0.3 is 10.8 Å². The second kappa shape index (κ2) is 4.39. The Balaban J connectivity index is 2.37. The molecular formula is C8H15N3O3. The van der Waals surface area contributed by atoms with Crippen LogP contribution in [0.3, 0.4) is 0 Å². The number of nitrogens with two attached hydrogens (primary N) is 1. The van der Waals surface area contributed by atoms with Crippen molar-refractivity contribution >= 4 is 11.9 Å². The number of hydrogen-bond donors (Lipinski definition) is 3. The number of urea groups is 1. The summed E-state index contributed by atoms with van der Waals surface area (Å²) in [7, 11) is 0. The molecule has 14 heavy (non-hydrogen) atoms. The van der Waals surface area contributed by atoms with Crippen molar-refractivity contribution in [2.75, 3.05) is 13.1 Å². The maximum absolute atomic E-state index is 11.1. The van der Waals surface area contributed by atoms with E-state index < -0.39 is 18.0 Å². The number of hydrogen-bond acceptors (Lipinski definition) is 4. The molecule has 0 saturated carbocycles. The molecule has 3 amide bonds. The lowest BCUT2D eigenvalue weighted by Crippen LogP contribution is -2.44. The van der Waals surface area contributed by atoms with Crippen molar-refractivity contribution in [2.45, 2.75) is 25.5 Å². The zero-order valence-electron chi connectivity index (χ0n) is 8.06. The Kier molecular flexibility index (Phi) is 3.43. The molecule has 4 N–H and O–H groups in total. The predicted molar refractivity (Wildman–Crippen MR) is 49.4 cm³/mol. The van der Waals surface area contributed by atoms with Crippen LogP contribution >= 0.6 is 0 Å². The summed E-state index contributed by atoms with van der Waals surface area (Å²) in [6.07, 6.45) is 0.266. The number of carbonyl (C=O) groups is 2. The Hall–Kier alpha value is -1.14. The summed E-state index contributed by atoms with van der Waals surface area (Å²) in [4.78, 5) is 23.3. The normalized spacial score (nSPS) is 27.6. The van der Waals surface area contributed by atoms with Crippen LogP contribution in [0.1, 0.15) is 13.3 Å². The van der Waals surface area contributed by atoms with Crippen molar-refractivity contribution in [3.63, 3.8) is 0 Å².